The first-order valence-corrected chi connectivity index (χ1v) is 8.23. The van der Waals surface area contributed by atoms with Crippen LogP contribution in [-0.4, -0.2) is 28.1 Å². The maximum atomic E-state index is 5.86. The molecule has 5 nitrogen and oxygen atoms in total. The Labute approximate surface area is 129 Å². The molecule has 2 aromatic heterocycles. The smallest absolute Gasteiger partial charge is 0.221 e. The lowest BCUT2D eigenvalue weighted by Crippen LogP contribution is -2.10. The Morgan fingerprint density at radius 2 is 2.10 bits per heavy atom. The lowest BCUT2D eigenvalue weighted by Gasteiger charge is -2.13. The van der Waals surface area contributed by atoms with E-state index in [4.69, 9.17) is 4.74 Å². The summed E-state index contributed by atoms with van der Waals surface area (Å²) in [7, 11) is 0. The minimum absolute atomic E-state index is 0.611. The molecule has 2 rings (SSSR count). The highest BCUT2D eigenvalue weighted by Gasteiger charge is 2.11. The zero-order valence-corrected chi connectivity index (χ0v) is 13.7. The molecule has 0 amide bonds. The molecule has 0 radical (unpaired) electrons. The molecule has 0 fully saturated rings. The highest BCUT2D eigenvalue weighted by molar-refractivity contribution is 7.09. The van der Waals surface area contributed by atoms with Crippen LogP contribution in [0.3, 0.4) is 0 Å². The van der Waals surface area contributed by atoms with Crippen molar-refractivity contribution in [3.05, 3.63) is 28.0 Å². The summed E-state index contributed by atoms with van der Waals surface area (Å²) in [6.45, 7) is 7.77. The molecule has 0 aliphatic rings. The molecule has 0 aromatic carbocycles. The van der Waals surface area contributed by atoms with Gasteiger partial charge in [-0.1, -0.05) is 13.8 Å². The summed E-state index contributed by atoms with van der Waals surface area (Å²) >= 11 is 1.67. The summed E-state index contributed by atoms with van der Waals surface area (Å²) < 4.78 is 5.86. The minimum atomic E-state index is 0.611. The first kappa shape index (κ1) is 15.7. The standard InChI is InChI=1S/C15H22N4OS/c1-4-7-16-14-12(5-2)15(18-9-17-14)20-8-6-13-11(3)19-10-21-13/h9-10H,4-8H2,1-3H3,(H,16,17,18). The van der Waals surface area contributed by atoms with Gasteiger partial charge in [0.25, 0.3) is 0 Å². The Balaban J connectivity index is 2.00. The molecule has 2 heterocycles. The second kappa shape index (κ2) is 7.93. The molecule has 0 aliphatic heterocycles. The van der Waals surface area contributed by atoms with Gasteiger partial charge in [0.05, 0.1) is 23.4 Å². The molecule has 0 saturated carbocycles. The second-order valence-electron chi connectivity index (χ2n) is 4.75. The molecular formula is C15H22N4OS. The molecule has 6 heteroatoms. The fourth-order valence-electron chi connectivity index (χ4n) is 2.04. The van der Waals surface area contributed by atoms with Crippen molar-refractivity contribution >= 4 is 17.2 Å². The van der Waals surface area contributed by atoms with E-state index in [2.05, 4.69) is 34.1 Å². The van der Waals surface area contributed by atoms with Crippen LogP contribution in [0.15, 0.2) is 11.8 Å². The van der Waals surface area contributed by atoms with Gasteiger partial charge in [-0.15, -0.1) is 11.3 Å². The SMILES string of the molecule is CCCNc1ncnc(OCCc2scnc2C)c1CC. The topological polar surface area (TPSA) is 59.9 Å². The summed E-state index contributed by atoms with van der Waals surface area (Å²) in [5.41, 5.74) is 4.01. The molecule has 114 valence electrons. The number of rotatable bonds is 8. The number of hydrogen-bond acceptors (Lipinski definition) is 6. The van der Waals surface area contributed by atoms with E-state index in [-0.39, 0.29) is 0 Å². The normalized spacial score (nSPS) is 10.6. The first-order valence-electron chi connectivity index (χ1n) is 7.35. The van der Waals surface area contributed by atoms with E-state index in [9.17, 15) is 0 Å². The predicted molar refractivity (Wildman–Crippen MR) is 86.2 cm³/mol. The Morgan fingerprint density at radius 3 is 2.76 bits per heavy atom. The first-order chi connectivity index (χ1) is 10.3. The van der Waals surface area contributed by atoms with Crippen molar-refractivity contribution in [3.8, 4) is 5.88 Å². The lowest BCUT2D eigenvalue weighted by molar-refractivity contribution is 0.306. The van der Waals surface area contributed by atoms with Gasteiger partial charge < -0.3 is 10.1 Å². The van der Waals surface area contributed by atoms with Gasteiger partial charge in [0.1, 0.15) is 12.1 Å². The number of nitrogens with zero attached hydrogens (tertiary/aromatic N) is 3. The molecule has 0 aliphatic carbocycles. The van der Waals surface area contributed by atoms with Crippen LogP contribution < -0.4 is 10.1 Å². The van der Waals surface area contributed by atoms with E-state index >= 15 is 0 Å². The molecule has 0 bridgehead atoms. The zero-order valence-electron chi connectivity index (χ0n) is 12.8. The van der Waals surface area contributed by atoms with Crippen LogP contribution in [0.4, 0.5) is 5.82 Å². The van der Waals surface area contributed by atoms with Gasteiger partial charge in [0.15, 0.2) is 0 Å². The average molecular weight is 306 g/mol. The monoisotopic (exact) mass is 306 g/mol. The van der Waals surface area contributed by atoms with E-state index in [1.54, 1.807) is 17.7 Å². The van der Waals surface area contributed by atoms with Crippen molar-refractivity contribution in [2.24, 2.45) is 0 Å². The van der Waals surface area contributed by atoms with Crippen LogP contribution in [-0.2, 0) is 12.8 Å². The third-order valence-electron chi connectivity index (χ3n) is 3.21. The van der Waals surface area contributed by atoms with E-state index in [0.717, 1.165) is 42.9 Å². The zero-order chi connectivity index (χ0) is 15.1. The van der Waals surface area contributed by atoms with Crippen molar-refractivity contribution in [1.82, 2.24) is 15.0 Å². The molecule has 0 unspecified atom stereocenters. The minimum Gasteiger partial charge on any atom is -0.477 e. The summed E-state index contributed by atoms with van der Waals surface area (Å²) in [6.07, 6.45) is 4.33. The number of thiazole rings is 1. The van der Waals surface area contributed by atoms with Gasteiger partial charge in [-0.05, 0) is 19.8 Å². The van der Waals surface area contributed by atoms with E-state index in [0.29, 0.717) is 12.5 Å². The maximum Gasteiger partial charge on any atom is 0.221 e. The highest BCUT2D eigenvalue weighted by atomic mass is 32.1. The molecule has 0 atom stereocenters. The van der Waals surface area contributed by atoms with Crippen molar-refractivity contribution in [2.45, 2.75) is 40.0 Å². The Morgan fingerprint density at radius 1 is 1.24 bits per heavy atom. The number of aryl methyl sites for hydroxylation is 1. The van der Waals surface area contributed by atoms with Crippen molar-refractivity contribution in [1.29, 1.82) is 0 Å². The highest BCUT2D eigenvalue weighted by Crippen LogP contribution is 2.23. The number of anilines is 1. The van der Waals surface area contributed by atoms with Crippen molar-refractivity contribution < 1.29 is 4.74 Å². The lowest BCUT2D eigenvalue weighted by atomic mass is 10.2. The third kappa shape index (κ3) is 4.14. The Kier molecular flexibility index (Phi) is 5.92. The van der Waals surface area contributed by atoms with Gasteiger partial charge in [-0.25, -0.2) is 15.0 Å². The predicted octanol–water partition coefficient (Wildman–Crippen LogP) is 3.25. The maximum absolute atomic E-state index is 5.86. The summed E-state index contributed by atoms with van der Waals surface area (Å²) in [5, 5.41) is 3.33. The van der Waals surface area contributed by atoms with Crippen molar-refractivity contribution in [3.63, 3.8) is 0 Å². The number of hydrogen-bond donors (Lipinski definition) is 1. The summed E-state index contributed by atoms with van der Waals surface area (Å²) in [4.78, 5) is 14.1. The molecule has 0 saturated heterocycles. The van der Waals surface area contributed by atoms with Gasteiger partial charge in [-0.2, -0.15) is 0 Å². The van der Waals surface area contributed by atoms with Crippen LogP contribution in [0.1, 0.15) is 36.4 Å². The third-order valence-corrected chi connectivity index (χ3v) is 4.21. The Hall–Kier alpha value is -1.69. The number of aromatic nitrogens is 3. The largest absolute Gasteiger partial charge is 0.477 e. The van der Waals surface area contributed by atoms with E-state index in [1.165, 1.54) is 4.88 Å². The molecule has 0 spiro atoms. The van der Waals surface area contributed by atoms with Crippen LogP contribution >= 0.6 is 11.3 Å². The molecular weight excluding hydrogens is 284 g/mol. The number of ether oxygens (including phenoxy) is 1. The van der Waals surface area contributed by atoms with Crippen molar-refractivity contribution in [2.75, 3.05) is 18.5 Å². The van der Waals surface area contributed by atoms with Crippen LogP contribution in [0.5, 0.6) is 5.88 Å². The van der Waals surface area contributed by atoms with E-state index < -0.39 is 0 Å². The van der Waals surface area contributed by atoms with Gasteiger partial charge in [-0.3, -0.25) is 0 Å². The van der Waals surface area contributed by atoms with E-state index in [1.807, 2.05) is 12.4 Å². The fourth-order valence-corrected chi connectivity index (χ4v) is 2.80. The van der Waals surface area contributed by atoms with Gasteiger partial charge >= 0.3 is 0 Å². The molecule has 21 heavy (non-hydrogen) atoms. The second-order valence-corrected chi connectivity index (χ2v) is 5.69. The van der Waals surface area contributed by atoms with Crippen LogP contribution in [0.25, 0.3) is 0 Å². The molecule has 2 aromatic rings. The van der Waals surface area contributed by atoms with Gasteiger partial charge in [0, 0.05) is 17.8 Å². The fraction of sp³-hybridized carbons (Fsp3) is 0.533. The number of nitrogens with one attached hydrogen (secondary N) is 1. The Bertz CT molecular complexity index is 571. The van der Waals surface area contributed by atoms with Crippen LogP contribution in [0.2, 0.25) is 0 Å². The average Bonchev–Trinajstić information content (AvgIpc) is 2.90. The van der Waals surface area contributed by atoms with Crippen LogP contribution in [0, 0.1) is 6.92 Å². The quantitative estimate of drug-likeness (QED) is 0.811. The molecule has 1 N–H and O–H groups in total. The summed E-state index contributed by atoms with van der Waals surface area (Å²) in [5.74, 6) is 1.58. The van der Waals surface area contributed by atoms with Gasteiger partial charge in [0.2, 0.25) is 5.88 Å². The summed E-state index contributed by atoms with van der Waals surface area (Å²) in [6, 6.07) is 0.